The van der Waals surface area contributed by atoms with E-state index in [9.17, 15) is 9.59 Å². The standard InChI is InChI=1S/C8H14BrNO4/c1-3-14-7(11)6(4-5-9)10-8(12)13-2/h6H,3-5H2,1-2H3,(H,10,12). The summed E-state index contributed by atoms with van der Waals surface area (Å²) in [6, 6.07) is -0.651. The van der Waals surface area contributed by atoms with Crippen molar-refractivity contribution in [2.45, 2.75) is 19.4 Å². The van der Waals surface area contributed by atoms with E-state index < -0.39 is 18.1 Å². The molecule has 0 radical (unpaired) electrons. The number of carbonyl (C=O) groups excluding carboxylic acids is 2. The first-order valence-corrected chi connectivity index (χ1v) is 5.34. The number of nitrogens with one attached hydrogen (secondary N) is 1. The number of esters is 1. The predicted molar refractivity (Wildman–Crippen MR) is 54.4 cm³/mol. The summed E-state index contributed by atoms with van der Waals surface area (Å²) in [4.78, 5) is 22.1. The lowest BCUT2D eigenvalue weighted by molar-refractivity contribution is -0.145. The normalized spacial score (nSPS) is 11.6. The van der Waals surface area contributed by atoms with Gasteiger partial charge >= 0.3 is 12.1 Å². The monoisotopic (exact) mass is 267 g/mol. The van der Waals surface area contributed by atoms with E-state index in [0.717, 1.165) is 0 Å². The lowest BCUT2D eigenvalue weighted by Gasteiger charge is -2.14. The van der Waals surface area contributed by atoms with Gasteiger partial charge in [0.1, 0.15) is 6.04 Å². The Morgan fingerprint density at radius 3 is 2.57 bits per heavy atom. The predicted octanol–water partition coefficient (Wildman–Crippen LogP) is 1.06. The second-order valence-electron chi connectivity index (χ2n) is 2.42. The number of amides is 1. The number of halogens is 1. The number of hydrogen-bond acceptors (Lipinski definition) is 4. The first-order chi connectivity index (χ1) is 6.65. The Balaban J connectivity index is 4.13. The highest BCUT2D eigenvalue weighted by atomic mass is 79.9. The number of alkyl halides is 1. The summed E-state index contributed by atoms with van der Waals surface area (Å²) in [6.07, 6.45) is -0.169. The van der Waals surface area contributed by atoms with Gasteiger partial charge in [-0.2, -0.15) is 0 Å². The molecule has 0 rings (SSSR count). The average molecular weight is 268 g/mol. The van der Waals surface area contributed by atoms with Gasteiger partial charge in [-0.25, -0.2) is 9.59 Å². The molecule has 0 aromatic carbocycles. The number of alkyl carbamates (subject to hydrolysis) is 1. The molecule has 0 saturated carbocycles. The Morgan fingerprint density at radius 1 is 1.50 bits per heavy atom. The van der Waals surface area contributed by atoms with E-state index in [4.69, 9.17) is 4.74 Å². The van der Waals surface area contributed by atoms with Gasteiger partial charge in [-0.05, 0) is 13.3 Å². The maximum absolute atomic E-state index is 11.3. The molecule has 0 spiro atoms. The number of methoxy groups -OCH3 is 1. The van der Waals surface area contributed by atoms with Crippen molar-refractivity contribution in [2.24, 2.45) is 0 Å². The van der Waals surface area contributed by atoms with E-state index in [2.05, 4.69) is 26.0 Å². The van der Waals surface area contributed by atoms with Crippen molar-refractivity contribution in [3.05, 3.63) is 0 Å². The molecule has 1 N–H and O–H groups in total. The lowest BCUT2D eigenvalue weighted by Crippen LogP contribution is -2.42. The van der Waals surface area contributed by atoms with E-state index in [1.165, 1.54) is 7.11 Å². The van der Waals surface area contributed by atoms with Crippen molar-refractivity contribution in [3.63, 3.8) is 0 Å². The molecule has 14 heavy (non-hydrogen) atoms. The van der Waals surface area contributed by atoms with Crippen LogP contribution in [0.5, 0.6) is 0 Å². The van der Waals surface area contributed by atoms with Crippen LogP contribution in [0.4, 0.5) is 4.79 Å². The van der Waals surface area contributed by atoms with Gasteiger partial charge in [0.25, 0.3) is 0 Å². The fourth-order valence-electron chi connectivity index (χ4n) is 0.802. The first kappa shape index (κ1) is 13.2. The second kappa shape index (κ2) is 7.61. The van der Waals surface area contributed by atoms with Crippen LogP contribution in [0.3, 0.4) is 0 Å². The van der Waals surface area contributed by atoms with Gasteiger partial charge in [0, 0.05) is 5.33 Å². The number of hydrogen-bond donors (Lipinski definition) is 1. The number of ether oxygens (including phenoxy) is 2. The molecule has 82 valence electrons. The Bertz CT molecular complexity index is 198. The van der Waals surface area contributed by atoms with Crippen molar-refractivity contribution in [2.75, 3.05) is 19.0 Å². The highest BCUT2D eigenvalue weighted by molar-refractivity contribution is 9.09. The first-order valence-electron chi connectivity index (χ1n) is 4.22. The van der Waals surface area contributed by atoms with Crippen LogP contribution in [0.15, 0.2) is 0 Å². The smallest absolute Gasteiger partial charge is 0.407 e. The van der Waals surface area contributed by atoms with E-state index in [1.807, 2.05) is 0 Å². The van der Waals surface area contributed by atoms with Crippen LogP contribution in [0.25, 0.3) is 0 Å². The third-order valence-electron chi connectivity index (χ3n) is 1.45. The van der Waals surface area contributed by atoms with Crippen molar-refractivity contribution in [3.8, 4) is 0 Å². The minimum absolute atomic E-state index is 0.292. The zero-order valence-electron chi connectivity index (χ0n) is 8.21. The van der Waals surface area contributed by atoms with Crippen LogP contribution in [0.1, 0.15) is 13.3 Å². The molecular weight excluding hydrogens is 254 g/mol. The molecule has 1 unspecified atom stereocenters. The zero-order valence-corrected chi connectivity index (χ0v) is 9.80. The largest absolute Gasteiger partial charge is 0.464 e. The summed E-state index contributed by atoms with van der Waals surface area (Å²) >= 11 is 3.18. The van der Waals surface area contributed by atoms with Crippen LogP contribution >= 0.6 is 15.9 Å². The minimum Gasteiger partial charge on any atom is -0.464 e. The Morgan fingerprint density at radius 2 is 2.14 bits per heavy atom. The van der Waals surface area contributed by atoms with Crippen LogP contribution in [-0.2, 0) is 14.3 Å². The highest BCUT2D eigenvalue weighted by Gasteiger charge is 2.21. The molecule has 0 aliphatic rings. The molecular formula is C8H14BrNO4. The molecule has 0 heterocycles. The molecule has 0 aromatic heterocycles. The van der Waals surface area contributed by atoms with Crippen LogP contribution in [-0.4, -0.2) is 37.2 Å². The van der Waals surface area contributed by atoms with Gasteiger partial charge < -0.3 is 14.8 Å². The van der Waals surface area contributed by atoms with E-state index >= 15 is 0 Å². The molecule has 0 fully saturated rings. The van der Waals surface area contributed by atoms with Crippen LogP contribution in [0.2, 0.25) is 0 Å². The Hall–Kier alpha value is -0.780. The van der Waals surface area contributed by atoms with Gasteiger partial charge in [-0.1, -0.05) is 15.9 Å². The summed E-state index contributed by atoms with van der Waals surface area (Å²) < 4.78 is 9.15. The van der Waals surface area contributed by atoms with Crippen LogP contribution < -0.4 is 5.32 Å². The SMILES string of the molecule is CCOC(=O)C(CCBr)NC(=O)OC. The molecule has 1 atom stereocenters. The molecule has 0 saturated heterocycles. The topological polar surface area (TPSA) is 64.6 Å². The Labute approximate surface area is 91.3 Å². The van der Waals surface area contributed by atoms with E-state index in [-0.39, 0.29) is 0 Å². The number of rotatable bonds is 5. The lowest BCUT2D eigenvalue weighted by atomic mass is 10.2. The number of carbonyl (C=O) groups is 2. The van der Waals surface area contributed by atoms with Crippen molar-refractivity contribution in [1.29, 1.82) is 0 Å². The summed E-state index contributed by atoms with van der Waals surface area (Å²) in [5.74, 6) is -0.447. The summed E-state index contributed by atoms with van der Waals surface area (Å²) in [5.41, 5.74) is 0. The van der Waals surface area contributed by atoms with Gasteiger partial charge in [-0.3, -0.25) is 0 Å². The zero-order chi connectivity index (χ0) is 11.0. The second-order valence-corrected chi connectivity index (χ2v) is 3.21. The van der Waals surface area contributed by atoms with Crippen molar-refractivity contribution < 1.29 is 19.1 Å². The quantitative estimate of drug-likeness (QED) is 0.598. The molecule has 1 amide bonds. The van der Waals surface area contributed by atoms with Crippen molar-refractivity contribution >= 4 is 28.0 Å². The third kappa shape index (κ3) is 5.06. The highest BCUT2D eigenvalue weighted by Crippen LogP contribution is 1.99. The molecule has 0 bridgehead atoms. The van der Waals surface area contributed by atoms with E-state index in [0.29, 0.717) is 18.4 Å². The minimum atomic E-state index is -0.651. The maximum atomic E-state index is 11.3. The maximum Gasteiger partial charge on any atom is 0.407 e. The molecule has 0 aliphatic carbocycles. The van der Waals surface area contributed by atoms with Gasteiger partial charge in [0.05, 0.1) is 13.7 Å². The molecule has 6 heteroatoms. The third-order valence-corrected chi connectivity index (χ3v) is 1.90. The van der Waals surface area contributed by atoms with Crippen molar-refractivity contribution in [1.82, 2.24) is 5.32 Å². The van der Waals surface area contributed by atoms with Gasteiger partial charge in [0.15, 0.2) is 0 Å². The Kier molecular flexibility index (Phi) is 7.18. The van der Waals surface area contributed by atoms with E-state index in [1.54, 1.807) is 6.92 Å². The van der Waals surface area contributed by atoms with Gasteiger partial charge in [0.2, 0.25) is 0 Å². The molecule has 0 aromatic rings. The van der Waals surface area contributed by atoms with Gasteiger partial charge in [-0.15, -0.1) is 0 Å². The fraction of sp³-hybridized carbons (Fsp3) is 0.750. The average Bonchev–Trinajstić information content (AvgIpc) is 2.17. The summed E-state index contributed by atoms with van der Waals surface area (Å²) in [7, 11) is 1.24. The van der Waals surface area contributed by atoms with Crippen LogP contribution in [0, 0.1) is 0 Å². The summed E-state index contributed by atoms with van der Waals surface area (Å²) in [6.45, 7) is 2.00. The molecule has 5 nitrogen and oxygen atoms in total. The fourth-order valence-corrected chi connectivity index (χ4v) is 1.26. The molecule has 0 aliphatic heterocycles. The summed E-state index contributed by atoms with van der Waals surface area (Å²) in [5, 5.41) is 2.98.